The highest BCUT2D eigenvalue weighted by molar-refractivity contribution is 5.86. The van der Waals surface area contributed by atoms with Crippen LogP contribution in [0.4, 0.5) is 11.8 Å². The van der Waals surface area contributed by atoms with Crippen molar-refractivity contribution in [3.63, 3.8) is 0 Å². The summed E-state index contributed by atoms with van der Waals surface area (Å²) in [5.74, 6) is 1.92. The Hall–Kier alpha value is -1.85. The number of rotatable bonds is 4. The van der Waals surface area contributed by atoms with Gasteiger partial charge in [-0.15, -0.1) is 0 Å². The maximum absolute atomic E-state index is 5.69. The number of aromatic amines is 1. The lowest BCUT2D eigenvalue weighted by Crippen LogP contribution is -2.13. The normalized spacial score (nSPS) is 16.8. The van der Waals surface area contributed by atoms with E-state index in [1.165, 1.54) is 38.5 Å². The molecule has 3 rings (SSSR count). The summed E-state index contributed by atoms with van der Waals surface area (Å²) in [4.78, 5) is 8.35. The molecule has 0 saturated heterocycles. The molecule has 2 aromatic heterocycles. The third-order valence-corrected chi connectivity index (χ3v) is 3.90. The van der Waals surface area contributed by atoms with E-state index in [0.29, 0.717) is 5.65 Å². The van der Waals surface area contributed by atoms with Gasteiger partial charge in [0.25, 0.3) is 0 Å². The van der Waals surface area contributed by atoms with E-state index >= 15 is 0 Å². The molecule has 0 bridgehead atoms. The minimum Gasteiger partial charge on any atom is -0.369 e. The van der Waals surface area contributed by atoms with Gasteiger partial charge < -0.3 is 11.1 Å². The van der Waals surface area contributed by atoms with Crippen LogP contribution in [-0.2, 0) is 0 Å². The first-order chi connectivity index (χ1) is 9.33. The standard InChI is InChI=1S/C13H20N6/c14-13-17-11(10-8-16-19-12(10)18-13)15-7-6-9-4-2-1-3-5-9/h8-9H,1-7H2,(H4,14,15,16,17,18,19). The number of hydrogen-bond acceptors (Lipinski definition) is 5. The summed E-state index contributed by atoms with van der Waals surface area (Å²) >= 11 is 0. The van der Waals surface area contributed by atoms with Crippen molar-refractivity contribution >= 4 is 22.8 Å². The largest absolute Gasteiger partial charge is 0.369 e. The number of nitrogens with two attached hydrogens (primary N) is 1. The number of nitrogens with one attached hydrogen (secondary N) is 2. The van der Waals surface area contributed by atoms with Crippen molar-refractivity contribution in [1.82, 2.24) is 20.2 Å². The number of nitrogen functional groups attached to an aromatic ring is 1. The van der Waals surface area contributed by atoms with E-state index in [4.69, 9.17) is 5.73 Å². The number of nitrogens with zero attached hydrogens (tertiary/aromatic N) is 3. The topological polar surface area (TPSA) is 92.5 Å². The van der Waals surface area contributed by atoms with Gasteiger partial charge >= 0.3 is 0 Å². The molecule has 102 valence electrons. The first-order valence-corrected chi connectivity index (χ1v) is 7.03. The van der Waals surface area contributed by atoms with E-state index in [9.17, 15) is 0 Å². The lowest BCUT2D eigenvalue weighted by molar-refractivity contribution is 0.345. The Morgan fingerprint density at radius 1 is 1.26 bits per heavy atom. The quantitative estimate of drug-likeness (QED) is 0.784. The molecule has 1 saturated carbocycles. The lowest BCUT2D eigenvalue weighted by atomic mass is 9.87. The predicted octanol–water partition coefficient (Wildman–Crippen LogP) is 2.32. The average molecular weight is 260 g/mol. The Morgan fingerprint density at radius 2 is 2.11 bits per heavy atom. The van der Waals surface area contributed by atoms with Crippen LogP contribution in [0.2, 0.25) is 0 Å². The molecule has 1 aliphatic rings. The zero-order chi connectivity index (χ0) is 13.1. The molecule has 1 fully saturated rings. The van der Waals surface area contributed by atoms with E-state index in [-0.39, 0.29) is 5.95 Å². The van der Waals surface area contributed by atoms with Gasteiger partial charge in [-0.2, -0.15) is 15.1 Å². The van der Waals surface area contributed by atoms with Gasteiger partial charge in [0.05, 0.1) is 11.6 Å². The Kier molecular flexibility index (Phi) is 3.48. The number of fused-ring (bicyclic) bond motifs is 1. The van der Waals surface area contributed by atoms with Gasteiger partial charge in [0.15, 0.2) is 5.65 Å². The summed E-state index contributed by atoms with van der Waals surface area (Å²) in [7, 11) is 0. The van der Waals surface area contributed by atoms with Gasteiger partial charge in [0, 0.05) is 6.54 Å². The van der Waals surface area contributed by atoms with Crippen LogP contribution >= 0.6 is 0 Å². The molecule has 0 spiro atoms. The second-order valence-corrected chi connectivity index (χ2v) is 5.28. The van der Waals surface area contributed by atoms with Crippen molar-refractivity contribution in [2.75, 3.05) is 17.6 Å². The van der Waals surface area contributed by atoms with E-state index in [1.807, 2.05) is 0 Å². The van der Waals surface area contributed by atoms with E-state index < -0.39 is 0 Å². The van der Waals surface area contributed by atoms with Gasteiger partial charge in [0.2, 0.25) is 5.95 Å². The van der Waals surface area contributed by atoms with Crippen molar-refractivity contribution in [3.8, 4) is 0 Å². The zero-order valence-electron chi connectivity index (χ0n) is 11.0. The Bertz CT molecular complexity index is 543. The Balaban J connectivity index is 1.63. The zero-order valence-corrected chi connectivity index (χ0v) is 11.0. The summed E-state index contributed by atoms with van der Waals surface area (Å²) < 4.78 is 0. The maximum Gasteiger partial charge on any atom is 0.224 e. The van der Waals surface area contributed by atoms with E-state index in [2.05, 4.69) is 25.5 Å². The second-order valence-electron chi connectivity index (χ2n) is 5.28. The van der Waals surface area contributed by atoms with Gasteiger partial charge in [0.1, 0.15) is 5.82 Å². The van der Waals surface area contributed by atoms with Crippen LogP contribution < -0.4 is 11.1 Å². The molecule has 0 aromatic carbocycles. The molecule has 2 aromatic rings. The highest BCUT2D eigenvalue weighted by atomic mass is 15.2. The number of hydrogen-bond donors (Lipinski definition) is 3. The molecule has 4 N–H and O–H groups in total. The summed E-state index contributed by atoms with van der Waals surface area (Å²) in [5, 5.41) is 11.1. The van der Waals surface area contributed by atoms with Crippen LogP contribution in [-0.4, -0.2) is 26.7 Å². The Labute approximate surface area is 112 Å². The monoisotopic (exact) mass is 260 g/mol. The first-order valence-electron chi connectivity index (χ1n) is 7.03. The molecule has 0 radical (unpaired) electrons. The van der Waals surface area contributed by atoms with Gasteiger partial charge in [-0.3, -0.25) is 5.10 Å². The average Bonchev–Trinajstić information content (AvgIpc) is 2.88. The molecular weight excluding hydrogens is 240 g/mol. The van der Waals surface area contributed by atoms with Crippen molar-refractivity contribution in [3.05, 3.63) is 6.20 Å². The highest BCUT2D eigenvalue weighted by Crippen LogP contribution is 2.26. The van der Waals surface area contributed by atoms with Crippen LogP contribution in [0, 0.1) is 5.92 Å². The minimum atomic E-state index is 0.275. The van der Waals surface area contributed by atoms with Crippen LogP contribution in [0.3, 0.4) is 0 Å². The van der Waals surface area contributed by atoms with Crippen molar-refractivity contribution in [2.24, 2.45) is 5.92 Å². The van der Waals surface area contributed by atoms with E-state index in [0.717, 1.165) is 23.7 Å². The fourth-order valence-corrected chi connectivity index (χ4v) is 2.86. The number of H-pyrrole nitrogens is 1. The fourth-order valence-electron chi connectivity index (χ4n) is 2.86. The van der Waals surface area contributed by atoms with Gasteiger partial charge in [-0.05, 0) is 12.3 Å². The molecule has 0 aliphatic heterocycles. The lowest BCUT2D eigenvalue weighted by Gasteiger charge is -2.21. The second kappa shape index (κ2) is 5.42. The molecule has 6 nitrogen and oxygen atoms in total. The molecule has 6 heteroatoms. The highest BCUT2D eigenvalue weighted by Gasteiger charge is 2.13. The van der Waals surface area contributed by atoms with Crippen LogP contribution in [0.1, 0.15) is 38.5 Å². The Morgan fingerprint density at radius 3 is 2.95 bits per heavy atom. The first kappa shape index (κ1) is 12.2. The van der Waals surface area contributed by atoms with Crippen molar-refractivity contribution in [1.29, 1.82) is 0 Å². The molecule has 19 heavy (non-hydrogen) atoms. The predicted molar refractivity (Wildman–Crippen MR) is 75.8 cm³/mol. The SMILES string of the molecule is Nc1nc(NCCC2CCCCC2)c2cn[nH]c2n1. The summed E-state index contributed by atoms with van der Waals surface area (Å²) in [6.07, 6.45) is 9.85. The van der Waals surface area contributed by atoms with E-state index in [1.54, 1.807) is 6.20 Å². The third-order valence-electron chi connectivity index (χ3n) is 3.90. The smallest absolute Gasteiger partial charge is 0.224 e. The third kappa shape index (κ3) is 2.77. The molecule has 0 amide bonds. The molecule has 0 atom stereocenters. The molecule has 1 aliphatic carbocycles. The summed E-state index contributed by atoms with van der Waals surface area (Å²) in [5.41, 5.74) is 6.38. The fraction of sp³-hybridized carbons (Fsp3) is 0.615. The van der Waals surface area contributed by atoms with Crippen molar-refractivity contribution < 1.29 is 0 Å². The number of aromatic nitrogens is 4. The summed E-state index contributed by atoms with van der Waals surface area (Å²) in [6.45, 7) is 0.932. The molecule has 2 heterocycles. The van der Waals surface area contributed by atoms with Crippen molar-refractivity contribution in [2.45, 2.75) is 38.5 Å². The number of anilines is 2. The molecule has 0 unspecified atom stereocenters. The maximum atomic E-state index is 5.69. The van der Waals surface area contributed by atoms with Crippen LogP contribution in [0.25, 0.3) is 11.0 Å². The minimum absolute atomic E-state index is 0.275. The van der Waals surface area contributed by atoms with Crippen LogP contribution in [0.5, 0.6) is 0 Å². The van der Waals surface area contributed by atoms with Gasteiger partial charge in [-0.25, -0.2) is 0 Å². The summed E-state index contributed by atoms with van der Waals surface area (Å²) in [6, 6.07) is 0. The van der Waals surface area contributed by atoms with Crippen LogP contribution in [0.15, 0.2) is 6.20 Å². The molecular formula is C13H20N6. The van der Waals surface area contributed by atoms with Gasteiger partial charge in [-0.1, -0.05) is 32.1 Å².